The number of imidazole rings is 1. The van der Waals surface area contributed by atoms with Crippen molar-refractivity contribution in [3.8, 4) is 5.69 Å². The first-order valence-corrected chi connectivity index (χ1v) is 7.09. The first-order valence-electron chi connectivity index (χ1n) is 7.09. The number of hydrogen-bond acceptors (Lipinski definition) is 3. The molecule has 6 heteroatoms. The van der Waals surface area contributed by atoms with E-state index in [9.17, 15) is 9.18 Å². The fourth-order valence-corrected chi connectivity index (χ4v) is 1.96. The number of halogens is 1. The molecular formula is C16H21FN4O. The van der Waals surface area contributed by atoms with Crippen LogP contribution in [0.25, 0.3) is 5.69 Å². The van der Waals surface area contributed by atoms with Crippen molar-refractivity contribution in [3.05, 3.63) is 48.3 Å². The Balaban J connectivity index is 2.03. The third-order valence-corrected chi connectivity index (χ3v) is 3.48. The molecule has 0 spiro atoms. The molecule has 0 aliphatic rings. The number of nitrogens with one attached hydrogen (secondary N) is 1. The predicted octanol–water partition coefficient (Wildman–Crippen LogP) is 2.00. The first kappa shape index (κ1) is 16.2. The van der Waals surface area contributed by atoms with Gasteiger partial charge in [0.2, 0.25) is 5.91 Å². The van der Waals surface area contributed by atoms with Gasteiger partial charge in [0.05, 0.1) is 18.1 Å². The van der Waals surface area contributed by atoms with Crippen LogP contribution in [0.1, 0.15) is 26.3 Å². The quantitative estimate of drug-likeness (QED) is 0.907. The summed E-state index contributed by atoms with van der Waals surface area (Å²) < 4.78 is 15.7. The van der Waals surface area contributed by atoms with Crippen LogP contribution in [0.4, 0.5) is 4.39 Å². The van der Waals surface area contributed by atoms with Crippen molar-refractivity contribution >= 4 is 5.91 Å². The zero-order chi connectivity index (χ0) is 16.3. The molecule has 0 bridgehead atoms. The van der Waals surface area contributed by atoms with Gasteiger partial charge in [0.15, 0.2) is 0 Å². The minimum absolute atomic E-state index is 0.240. The van der Waals surface area contributed by atoms with Crippen molar-refractivity contribution in [1.29, 1.82) is 0 Å². The largest absolute Gasteiger partial charge is 0.351 e. The van der Waals surface area contributed by atoms with E-state index >= 15 is 0 Å². The molecule has 2 aromatic rings. The maximum Gasteiger partial charge on any atom is 0.237 e. The molecule has 0 aliphatic heterocycles. The lowest BCUT2D eigenvalue weighted by molar-refractivity contribution is -0.124. The number of aromatic nitrogens is 2. The van der Waals surface area contributed by atoms with Crippen LogP contribution in [0.3, 0.4) is 0 Å². The van der Waals surface area contributed by atoms with Gasteiger partial charge in [0.1, 0.15) is 5.82 Å². The molecule has 2 rings (SSSR count). The summed E-state index contributed by atoms with van der Waals surface area (Å²) in [5, 5.41) is 2.74. The number of carbonyl (C=O) groups is 1. The molecule has 1 atom stereocenters. The minimum atomic E-state index is -0.609. The highest BCUT2D eigenvalue weighted by Crippen LogP contribution is 2.18. The SMILES string of the molecule is CC(C)(C)[C@H](N)C(=O)NCc1ccc(-n2ccnc2)c(F)c1. The number of rotatable bonds is 4. The molecule has 22 heavy (non-hydrogen) atoms. The van der Waals surface area contributed by atoms with E-state index in [1.54, 1.807) is 29.1 Å². The molecule has 0 radical (unpaired) electrons. The van der Waals surface area contributed by atoms with Crippen LogP contribution in [0, 0.1) is 11.2 Å². The highest BCUT2D eigenvalue weighted by Gasteiger charge is 2.27. The van der Waals surface area contributed by atoms with Crippen LogP contribution in [-0.4, -0.2) is 21.5 Å². The molecule has 1 heterocycles. The van der Waals surface area contributed by atoms with E-state index in [0.29, 0.717) is 11.3 Å². The molecule has 1 aromatic carbocycles. The Bertz CT molecular complexity index is 647. The molecule has 3 N–H and O–H groups in total. The summed E-state index contributed by atoms with van der Waals surface area (Å²) in [6, 6.07) is 4.21. The Morgan fingerprint density at radius 2 is 2.18 bits per heavy atom. The Morgan fingerprint density at radius 1 is 1.45 bits per heavy atom. The van der Waals surface area contributed by atoms with Gasteiger partial charge in [0, 0.05) is 18.9 Å². The molecule has 0 saturated heterocycles. The van der Waals surface area contributed by atoms with Crippen LogP contribution in [0.15, 0.2) is 36.9 Å². The summed E-state index contributed by atoms with van der Waals surface area (Å²) in [6.07, 6.45) is 4.78. The lowest BCUT2D eigenvalue weighted by Crippen LogP contribution is -2.48. The zero-order valence-corrected chi connectivity index (χ0v) is 13.0. The van der Waals surface area contributed by atoms with Gasteiger partial charge in [-0.05, 0) is 23.1 Å². The topological polar surface area (TPSA) is 72.9 Å². The van der Waals surface area contributed by atoms with Gasteiger partial charge in [0.25, 0.3) is 0 Å². The van der Waals surface area contributed by atoms with Crippen molar-refractivity contribution in [2.24, 2.45) is 11.1 Å². The highest BCUT2D eigenvalue weighted by atomic mass is 19.1. The standard InChI is InChI=1S/C16H21FN4O/c1-16(2,3)14(18)15(22)20-9-11-4-5-13(12(17)8-11)21-7-6-19-10-21/h4-8,10,14H,9,18H2,1-3H3,(H,20,22)/t14-/m1/s1. The summed E-state index contributed by atoms with van der Waals surface area (Å²) in [4.78, 5) is 15.8. The highest BCUT2D eigenvalue weighted by molar-refractivity contribution is 5.82. The van der Waals surface area contributed by atoms with E-state index in [0.717, 1.165) is 0 Å². The summed E-state index contributed by atoms with van der Waals surface area (Å²) in [6.45, 7) is 5.94. The molecule has 0 aliphatic carbocycles. The fourth-order valence-electron chi connectivity index (χ4n) is 1.96. The molecule has 118 valence electrons. The average Bonchev–Trinajstić information content (AvgIpc) is 2.97. The molecule has 1 aromatic heterocycles. The Kier molecular flexibility index (Phi) is 4.61. The van der Waals surface area contributed by atoms with Crippen molar-refractivity contribution in [1.82, 2.24) is 14.9 Å². The third-order valence-electron chi connectivity index (χ3n) is 3.48. The molecule has 0 fully saturated rings. The van der Waals surface area contributed by atoms with E-state index in [-0.39, 0.29) is 23.7 Å². The van der Waals surface area contributed by atoms with Gasteiger partial charge < -0.3 is 15.6 Å². The summed E-state index contributed by atoms with van der Waals surface area (Å²) in [5.74, 6) is -0.614. The van der Waals surface area contributed by atoms with E-state index in [1.807, 2.05) is 20.8 Å². The molecule has 1 amide bonds. The fraction of sp³-hybridized carbons (Fsp3) is 0.375. The van der Waals surface area contributed by atoms with Crippen molar-refractivity contribution in [2.75, 3.05) is 0 Å². The monoisotopic (exact) mass is 304 g/mol. The van der Waals surface area contributed by atoms with E-state index in [2.05, 4.69) is 10.3 Å². The lowest BCUT2D eigenvalue weighted by Gasteiger charge is -2.25. The normalized spacial score (nSPS) is 13.0. The summed E-state index contributed by atoms with van der Waals surface area (Å²) >= 11 is 0. The molecular weight excluding hydrogens is 283 g/mol. The Labute approximate surface area is 129 Å². The number of hydrogen-bond donors (Lipinski definition) is 2. The number of benzene rings is 1. The molecule has 5 nitrogen and oxygen atoms in total. The van der Waals surface area contributed by atoms with Crippen LogP contribution >= 0.6 is 0 Å². The third kappa shape index (κ3) is 3.71. The van der Waals surface area contributed by atoms with Gasteiger partial charge in [-0.3, -0.25) is 4.79 Å². The Hall–Kier alpha value is -2.21. The zero-order valence-electron chi connectivity index (χ0n) is 13.0. The number of carbonyl (C=O) groups excluding carboxylic acids is 1. The molecule has 0 saturated carbocycles. The van der Waals surface area contributed by atoms with E-state index in [4.69, 9.17) is 5.73 Å². The Morgan fingerprint density at radius 3 is 2.73 bits per heavy atom. The van der Waals surface area contributed by atoms with Gasteiger partial charge in [-0.15, -0.1) is 0 Å². The number of nitrogens with two attached hydrogens (primary N) is 1. The second-order valence-corrected chi connectivity index (χ2v) is 6.32. The minimum Gasteiger partial charge on any atom is -0.351 e. The van der Waals surface area contributed by atoms with Crippen LogP contribution in [0.5, 0.6) is 0 Å². The van der Waals surface area contributed by atoms with Crippen LogP contribution < -0.4 is 11.1 Å². The van der Waals surface area contributed by atoms with Crippen molar-refractivity contribution in [2.45, 2.75) is 33.4 Å². The summed E-state index contributed by atoms with van der Waals surface area (Å²) in [7, 11) is 0. The predicted molar refractivity (Wildman–Crippen MR) is 82.8 cm³/mol. The van der Waals surface area contributed by atoms with Gasteiger partial charge in [-0.1, -0.05) is 26.8 Å². The second kappa shape index (κ2) is 6.27. The number of amides is 1. The maximum absolute atomic E-state index is 14.1. The first-order chi connectivity index (χ1) is 10.3. The lowest BCUT2D eigenvalue weighted by atomic mass is 9.87. The molecule has 0 unspecified atom stereocenters. The average molecular weight is 304 g/mol. The van der Waals surface area contributed by atoms with Crippen molar-refractivity contribution in [3.63, 3.8) is 0 Å². The van der Waals surface area contributed by atoms with E-state index < -0.39 is 6.04 Å². The second-order valence-electron chi connectivity index (χ2n) is 6.32. The van der Waals surface area contributed by atoms with Crippen LogP contribution in [-0.2, 0) is 11.3 Å². The summed E-state index contributed by atoms with van der Waals surface area (Å²) in [5.41, 5.74) is 6.65. The van der Waals surface area contributed by atoms with Gasteiger partial charge in [-0.25, -0.2) is 9.37 Å². The van der Waals surface area contributed by atoms with E-state index in [1.165, 1.54) is 12.4 Å². The van der Waals surface area contributed by atoms with Crippen LogP contribution in [0.2, 0.25) is 0 Å². The smallest absolute Gasteiger partial charge is 0.237 e. The maximum atomic E-state index is 14.1. The van der Waals surface area contributed by atoms with Gasteiger partial charge >= 0.3 is 0 Å². The van der Waals surface area contributed by atoms with Gasteiger partial charge in [-0.2, -0.15) is 0 Å². The van der Waals surface area contributed by atoms with Crippen molar-refractivity contribution < 1.29 is 9.18 Å². The number of nitrogens with zero attached hydrogens (tertiary/aromatic N) is 2.